The Morgan fingerprint density at radius 2 is 1.33 bits per heavy atom. The zero-order valence-corrected chi connectivity index (χ0v) is 12.2. The van der Waals surface area contributed by atoms with Gasteiger partial charge in [0.05, 0.1) is 6.10 Å². The van der Waals surface area contributed by atoms with Crippen LogP contribution >= 0.6 is 27.5 Å². The molecule has 1 unspecified atom stereocenters. The van der Waals surface area contributed by atoms with Crippen LogP contribution in [0.3, 0.4) is 0 Å². The largest absolute Gasteiger partial charge is 0.392 e. The van der Waals surface area contributed by atoms with E-state index in [4.69, 9.17) is 11.6 Å². The molecule has 0 aromatic heterocycles. The van der Waals surface area contributed by atoms with Crippen LogP contribution in [0.5, 0.6) is 0 Å². The first-order valence-corrected chi connectivity index (χ1v) is 6.97. The molecule has 0 aliphatic rings. The van der Waals surface area contributed by atoms with Crippen LogP contribution in [0.25, 0.3) is 0 Å². The van der Waals surface area contributed by atoms with E-state index in [9.17, 15) is 5.11 Å². The highest BCUT2D eigenvalue weighted by molar-refractivity contribution is 9.10. The Hall–Kier alpha value is -0.830. The van der Waals surface area contributed by atoms with Crippen LogP contribution in [0.2, 0.25) is 5.02 Å². The van der Waals surface area contributed by atoms with Crippen LogP contribution in [0, 0.1) is 0 Å². The first-order valence-electron chi connectivity index (χ1n) is 5.80. The van der Waals surface area contributed by atoms with Crippen molar-refractivity contribution >= 4 is 27.5 Å². The monoisotopic (exact) mass is 324 g/mol. The molecule has 0 fully saturated rings. The fraction of sp³-hybridized carbons (Fsp3) is 0.200. The minimum absolute atomic E-state index is 0.368. The second kappa shape index (κ2) is 6.37. The number of hydrogen-bond acceptors (Lipinski definition) is 1. The molecule has 2 rings (SSSR count). The summed E-state index contributed by atoms with van der Waals surface area (Å²) in [5.41, 5.74) is 2.24. The Bertz CT molecular complexity index is 445. The molecule has 0 radical (unpaired) electrons. The summed E-state index contributed by atoms with van der Waals surface area (Å²) < 4.78 is 1.05. The summed E-state index contributed by atoms with van der Waals surface area (Å²) in [5.74, 6) is 0. The van der Waals surface area contributed by atoms with Crippen molar-refractivity contribution in [3.05, 3.63) is 69.2 Å². The fourth-order valence-electron chi connectivity index (χ4n) is 1.86. The molecule has 0 bridgehead atoms. The van der Waals surface area contributed by atoms with E-state index in [1.165, 1.54) is 0 Å². The van der Waals surface area contributed by atoms with Crippen molar-refractivity contribution in [3.8, 4) is 0 Å². The molecule has 0 aliphatic carbocycles. The average Bonchev–Trinajstić information content (AvgIpc) is 2.35. The molecule has 2 aromatic carbocycles. The summed E-state index contributed by atoms with van der Waals surface area (Å²) in [6, 6.07) is 15.6. The molecule has 2 aromatic rings. The molecule has 1 atom stereocenters. The van der Waals surface area contributed by atoms with Gasteiger partial charge in [0.1, 0.15) is 0 Å². The maximum Gasteiger partial charge on any atom is 0.0620 e. The lowest BCUT2D eigenvalue weighted by atomic mass is 10.0. The van der Waals surface area contributed by atoms with Gasteiger partial charge in [0.2, 0.25) is 0 Å². The van der Waals surface area contributed by atoms with Crippen molar-refractivity contribution in [1.82, 2.24) is 0 Å². The predicted molar refractivity (Wildman–Crippen MR) is 79.0 cm³/mol. The summed E-state index contributed by atoms with van der Waals surface area (Å²) in [5, 5.41) is 10.8. The fourth-order valence-corrected chi connectivity index (χ4v) is 2.25. The molecule has 0 spiro atoms. The van der Waals surface area contributed by atoms with Gasteiger partial charge in [0.25, 0.3) is 0 Å². The lowest BCUT2D eigenvalue weighted by Gasteiger charge is -2.11. The van der Waals surface area contributed by atoms with Crippen molar-refractivity contribution < 1.29 is 5.11 Å². The molecule has 0 saturated carbocycles. The quantitative estimate of drug-likeness (QED) is 0.891. The first kappa shape index (κ1) is 13.6. The number of benzene rings is 2. The maximum absolute atomic E-state index is 10.0. The van der Waals surface area contributed by atoms with Crippen LogP contribution < -0.4 is 0 Å². The van der Waals surface area contributed by atoms with Gasteiger partial charge < -0.3 is 5.11 Å². The molecule has 94 valence electrons. The number of aliphatic hydroxyl groups excluding tert-OH is 1. The Balaban J connectivity index is 1.94. The third kappa shape index (κ3) is 4.13. The summed E-state index contributed by atoms with van der Waals surface area (Å²) in [6.45, 7) is 0. The molecule has 0 amide bonds. The van der Waals surface area contributed by atoms with Crippen molar-refractivity contribution in [2.75, 3.05) is 0 Å². The highest BCUT2D eigenvalue weighted by Crippen LogP contribution is 2.15. The SMILES string of the molecule is OC(Cc1ccc(Cl)cc1)Cc1ccc(Br)cc1. The molecule has 0 heterocycles. The topological polar surface area (TPSA) is 20.2 Å². The molecular formula is C15H14BrClO. The molecule has 1 N–H and O–H groups in total. The second-order valence-electron chi connectivity index (χ2n) is 4.32. The Labute approximate surface area is 121 Å². The Morgan fingerprint density at radius 1 is 0.889 bits per heavy atom. The van der Waals surface area contributed by atoms with Crippen LogP contribution in [0.4, 0.5) is 0 Å². The minimum Gasteiger partial charge on any atom is -0.392 e. The maximum atomic E-state index is 10.0. The summed E-state index contributed by atoms with van der Waals surface area (Å²) in [6.07, 6.45) is 0.940. The smallest absolute Gasteiger partial charge is 0.0620 e. The lowest BCUT2D eigenvalue weighted by Crippen LogP contribution is -2.13. The van der Waals surface area contributed by atoms with Crippen molar-refractivity contribution in [1.29, 1.82) is 0 Å². The molecule has 3 heteroatoms. The number of halogens is 2. The Kier molecular flexibility index (Phi) is 4.81. The van der Waals surface area contributed by atoms with Crippen LogP contribution in [-0.4, -0.2) is 11.2 Å². The normalized spacial score (nSPS) is 12.4. The summed E-state index contributed by atoms with van der Waals surface area (Å²) in [4.78, 5) is 0. The van der Waals surface area contributed by atoms with Gasteiger partial charge in [-0.3, -0.25) is 0 Å². The average molecular weight is 326 g/mol. The van der Waals surface area contributed by atoms with Crippen LogP contribution in [0.15, 0.2) is 53.0 Å². The molecule has 1 nitrogen and oxygen atoms in total. The highest BCUT2D eigenvalue weighted by atomic mass is 79.9. The van der Waals surface area contributed by atoms with E-state index in [0.29, 0.717) is 12.8 Å². The van der Waals surface area contributed by atoms with Gasteiger partial charge in [-0.1, -0.05) is 51.8 Å². The predicted octanol–water partition coefficient (Wildman–Crippen LogP) is 4.25. The van der Waals surface area contributed by atoms with Gasteiger partial charge in [-0.2, -0.15) is 0 Å². The minimum atomic E-state index is -0.368. The first-order chi connectivity index (χ1) is 8.63. The Morgan fingerprint density at radius 3 is 1.83 bits per heavy atom. The van der Waals surface area contributed by atoms with Gasteiger partial charge in [0, 0.05) is 9.50 Å². The summed E-state index contributed by atoms with van der Waals surface area (Å²) in [7, 11) is 0. The van der Waals surface area contributed by atoms with Crippen molar-refractivity contribution in [2.24, 2.45) is 0 Å². The standard InChI is InChI=1S/C15H14BrClO/c16-13-5-1-11(2-6-13)9-15(18)10-12-3-7-14(17)8-4-12/h1-8,15,18H,9-10H2. The van der Waals surface area contributed by atoms with Gasteiger partial charge in [-0.25, -0.2) is 0 Å². The van der Waals surface area contributed by atoms with Gasteiger partial charge >= 0.3 is 0 Å². The van der Waals surface area contributed by atoms with E-state index in [1.807, 2.05) is 48.5 Å². The van der Waals surface area contributed by atoms with E-state index >= 15 is 0 Å². The highest BCUT2D eigenvalue weighted by Gasteiger charge is 2.07. The van der Waals surface area contributed by atoms with E-state index in [-0.39, 0.29) is 6.10 Å². The van der Waals surface area contributed by atoms with Crippen LogP contribution in [0.1, 0.15) is 11.1 Å². The van der Waals surface area contributed by atoms with E-state index in [0.717, 1.165) is 20.6 Å². The van der Waals surface area contributed by atoms with Crippen molar-refractivity contribution in [3.63, 3.8) is 0 Å². The van der Waals surface area contributed by atoms with E-state index < -0.39 is 0 Å². The molecule has 18 heavy (non-hydrogen) atoms. The second-order valence-corrected chi connectivity index (χ2v) is 5.67. The number of hydrogen-bond donors (Lipinski definition) is 1. The van der Waals surface area contributed by atoms with E-state index in [2.05, 4.69) is 15.9 Å². The van der Waals surface area contributed by atoms with Crippen LogP contribution in [-0.2, 0) is 12.8 Å². The lowest BCUT2D eigenvalue weighted by molar-refractivity contribution is 0.175. The zero-order chi connectivity index (χ0) is 13.0. The molecule has 0 aliphatic heterocycles. The third-order valence-corrected chi connectivity index (χ3v) is 3.55. The third-order valence-electron chi connectivity index (χ3n) is 2.77. The zero-order valence-electron chi connectivity index (χ0n) is 9.81. The number of rotatable bonds is 4. The number of aliphatic hydroxyl groups is 1. The van der Waals surface area contributed by atoms with Gasteiger partial charge in [-0.05, 0) is 48.2 Å². The van der Waals surface area contributed by atoms with Gasteiger partial charge in [0.15, 0.2) is 0 Å². The van der Waals surface area contributed by atoms with E-state index in [1.54, 1.807) is 0 Å². The summed E-state index contributed by atoms with van der Waals surface area (Å²) >= 11 is 9.22. The molecular weight excluding hydrogens is 312 g/mol. The van der Waals surface area contributed by atoms with Crippen molar-refractivity contribution in [2.45, 2.75) is 18.9 Å². The molecule has 0 saturated heterocycles. The van der Waals surface area contributed by atoms with Gasteiger partial charge in [-0.15, -0.1) is 0 Å².